The van der Waals surface area contributed by atoms with E-state index in [1.807, 2.05) is 6.92 Å². The highest BCUT2D eigenvalue weighted by atomic mass is 19.4. The van der Waals surface area contributed by atoms with Crippen LogP contribution in [0, 0.1) is 11.3 Å². The average Bonchev–Trinajstić information content (AvgIpc) is 2.36. The van der Waals surface area contributed by atoms with Crippen LogP contribution in [0.1, 0.15) is 18.1 Å². The standard InChI is InChI=1S/C14H15F3N2O/c1-10(2)9-20-6-5-19-13-4-3-12(14(15,16)17)7-11(13)8-18/h3-4,7,19H,1,5-6,9H2,2H3. The molecule has 0 amide bonds. The Morgan fingerprint density at radius 3 is 2.70 bits per heavy atom. The minimum absolute atomic E-state index is 0.0419. The van der Waals surface area contributed by atoms with E-state index < -0.39 is 11.7 Å². The van der Waals surface area contributed by atoms with Gasteiger partial charge in [0.05, 0.1) is 30.0 Å². The summed E-state index contributed by atoms with van der Waals surface area (Å²) in [5.41, 5.74) is 0.370. The van der Waals surface area contributed by atoms with Gasteiger partial charge in [-0.3, -0.25) is 0 Å². The molecule has 0 saturated heterocycles. The van der Waals surface area contributed by atoms with Gasteiger partial charge in [-0.15, -0.1) is 0 Å². The van der Waals surface area contributed by atoms with Gasteiger partial charge in [-0.25, -0.2) is 0 Å². The van der Waals surface area contributed by atoms with Gasteiger partial charge in [-0.2, -0.15) is 18.4 Å². The molecule has 1 rings (SSSR count). The van der Waals surface area contributed by atoms with Gasteiger partial charge in [0.25, 0.3) is 0 Å². The van der Waals surface area contributed by atoms with Crippen LogP contribution in [0.15, 0.2) is 30.4 Å². The van der Waals surface area contributed by atoms with Crippen LogP contribution >= 0.6 is 0 Å². The molecule has 0 saturated carbocycles. The van der Waals surface area contributed by atoms with Gasteiger partial charge in [-0.05, 0) is 25.1 Å². The van der Waals surface area contributed by atoms with Crippen LogP contribution in [0.5, 0.6) is 0 Å². The lowest BCUT2D eigenvalue weighted by Gasteiger charge is -2.11. The number of benzene rings is 1. The summed E-state index contributed by atoms with van der Waals surface area (Å²) in [5.74, 6) is 0. The molecular formula is C14H15F3N2O. The molecule has 3 nitrogen and oxygen atoms in total. The van der Waals surface area contributed by atoms with Crippen molar-refractivity contribution in [1.82, 2.24) is 0 Å². The van der Waals surface area contributed by atoms with Crippen molar-refractivity contribution >= 4 is 5.69 Å². The van der Waals surface area contributed by atoms with Gasteiger partial charge in [0.15, 0.2) is 0 Å². The third-order valence-corrected chi connectivity index (χ3v) is 2.38. The van der Waals surface area contributed by atoms with Crippen LogP contribution in [0.2, 0.25) is 0 Å². The molecule has 0 atom stereocenters. The lowest BCUT2D eigenvalue weighted by atomic mass is 10.1. The van der Waals surface area contributed by atoms with E-state index in [4.69, 9.17) is 10.00 Å². The van der Waals surface area contributed by atoms with Gasteiger partial charge in [-0.1, -0.05) is 12.2 Å². The van der Waals surface area contributed by atoms with Crippen LogP contribution in [-0.2, 0) is 10.9 Å². The summed E-state index contributed by atoms with van der Waals surface area (Å²) in [7, 11) is 0. The van der Waals surface area contributed by atoms with Crippen molar-refractivity contribution < 1.29 is 17.9 Å². The fraction of sp³-hybridized carbons (Fsp3) is 0.357. The molecule has 1 aromatic carbocycles. The van der Waals surface area contributed by atoms with E-state index in [0.717, 1.165) is 17.7 Å². The van der Waals surface area contributed by atoms with Crippen LogP contribution in [0.25, 0.3) is 0 Å². The molecule has 0 unspecified atom stereocenters. The van der Waals surface area contributed by atoms with Crippen molar-refractivity contribution in [3.8, 4) is 6.07 Å². The van der Waals surface area contributed by atoms with Crippen molar-refractivity contribution in [2.45, 2.75) is 13.1 Å². The molecule has 0 aliphatic carbocycles. The quantitative estimate of drug-likeness (QED) is 0.641. The first-order valence-electron chi connectivity index (χ1n) is 5.92. The Kier molecular flexibility index (Phi) is 5.59. The minimum Gasteiger partial charge on any atom is -0.382 e. The molecule has 20 heavy (non-hydrogen) atoms. The van der Waals surface area contributed by atoms with Gasteiger partial charge >= 0.3 is 6.18 Å². The first kappa shape index (κ1) is 16.1. The normalized spacial score (nSPS) is 10.9. The Balaban J connectivity index is 2.63. The zero-order valence-electron chi connectivity index (χ0n) is 11.0. The largest absolute Gasteiger partial charge is 0.416 e. The molecule has 0 aliphatic rings. The molecule has 0 bridgehead atoms. The van der Waals surface area contributed by atoms with E-state index in [0.29, 0.717) is 25.4 Å². The fourth-order valence-electron chi connectivity index (χ4n) is 1.47. The first-order chi connectivity index (χ1) is 9.34. The lowest BCUT2D eigenvalue weighted by Crippen LogP contribution is -2.12. The number of hydrogen-bond acceptors (Lipinski definition) is 3. The number of nitrogens with one attached hydrogen (secondary N) is 1. The van der Waals surface area contributed by atoms with Crippen LogP contribution < -0.4 is 5.32 Å². The number of nitriles is 1. The minimum atomic E-state index is -4.45. The molecule has 6 heteroatoms. The average molecular weight is 284 g/mol. The zero-order valence-corrected chi connectivity index (χ0v) is 11.0. The molecule has 0 radical (unpaired) electrons. The van der Waals surface area contributed by atoms with E-state index in [2.05, 4.69) is 11.9 Å². The smallest absolute Gasteiger partial charge is 0.382 e. The molecule has 1 aromatic rings. The molecule has 0 aliphatic heterocycles. The highest BCUT2D eigenvalue weighted by Crippen LogP contribution is 2.31. The summed E-state index contributed by atoms with van der Waals surface area (Å²) >= 11 is 0. The molecule has 0 aromatic heterocycles. The zero-order chi connectivity index (χ0) is 15.2. The highest BCUT2D eigenvalue weighted by Gasteiger charge is 2.30. The fourth-order valence-corrected chi connectivity index (χ4v) is 1.47. The number of hydrogen-bond donors (Lipinski definition) is 1. The number of anilines is 1. The molecule has 108 valence electrons. The van der Waals surface area contributed by atoms with Crippen molar-refractivity contribution in [1.29, 1.82) is 5.26 Å². The van der Waals surface area contributed by atoms with Crippen molar-refractivity contribution in [2.75, 3.05) is 25.1 Å². The van der Waals surface area contributed by atoms with Gasteiger partial charge in [0.1, 0.15) is 6.07 Å². The second kappa shape index (κ2) is 6.96. The summed E-state index contributed by atoms with van der Waals surface area (Å²) in [6, 6.07) is 4.77. The van der Waals surface area contributed by atoms with Gasteiger partial charge in [0.2, 0.25) is 0 Å². The van der Waals surface area contributed by atoms with Gasteiger partial charge in [0, 0.05) is 6.54 Å². The molecule has 1 N–H and O–H groups in total. The Morgan fingerprint density at radius 1 is 1.45 bits per heavy atom. The van der Waals surface area contributed by atoms with E-state index in [-0.39, 0.29) is 5.56 Å². The summed E-state index contributed by atoms with van der Waals surface area (Å²) in [6.07, 6.45) is -4.45. The second-order valence-corrected chi connectivity index (χ2v) is 4.31. The Bertz CT molecular complexity index is 518. The molecule has 0 spiro atoms. The summed E-state index contributed by atoms with van der Waals surface area (Å²) in [4.78, 5) is 0. The second-order valence-electron chi connectivity index (χ2n) is 4.31. The van der Waals surface area contributed by atoms with E-state index >= 15 is 0 Å². The highest BCUT2D eigenvalue weighted by molar-refractivity contribution is 5.58. The third kappa shape index (κ3) is 4.94. The predicted molar refractivity (Wildman–Crippen MR) is 70.3 cm³/mol. The first-order valence-corrected chi connectivity index (χ1v) is 5.92. The van der Waals surface area contributed by atoms with Crippen LogP contribution in [-0.4, -0.2) is 19.8 Å². The number of alkyl halides is 3. The molecule has 0 fully saturated rings. The van der Waals surface area contributed by atoms with Crippen LogP contribution in [0.4, 0.5) is 18.9 Å². The maximum Gasteiger partial charge on any atom is 0.416 e. The number of ether oxygens (including phenoxy) is 1. The Morgan fingerprint density at radius 2 is 2.15 bits per heavy atom. The van der Waals surface area contributed by atoms with Gasteiger partial charge < -0.3 is 10.1 Å². The number of halogens is 3. The van der Waals surface area contributed by atoms with E-state index in [1.165, 1.54) is 6.07 Å². The van der Waals surface area contributed by atoms with Crippen LogP contribution in [0.3, 0.4) is 0 Å². The maximum absolute atomic E-state index is 12.5. The summed E-state index contributed by atoms with van der Waals surface area (Å²) in [5, 5.41) is 11.8. The topological polar surface area (TPSA) is 45.0 Å². The predicted octanol–water partition coefficient (Wildman–Crippen LogP) is 3.58. The third-order valence-electron chi connectivity index (χ3n) is 2.38. The Labute approximate surface area is 115 Å². The SMILES string of the molecule is C=C(C)COCCNc1ccc(C(F)(F)F)cc1C#N. The molecular weight excluding hydrogens is 269 g/mol. The van der Waals surface area contributed by atoms with Crippen molar-refractivity contribution in [2.24, 2.45) is 0 Å². The number of nitrogens with zero attached hydrogens (tertiary/aromatic N) is 1. The number of rotatable bonds is 6. The lowest BCUT2D eigenvalue weighted by molar-refractivity contribution is -0.137. The van der Waals surface area contributed by atoms with Crippen molar-refractivity contribution in [3.63, 3.8) is 0 Å². The monoisotopic (exact) mass is 284 g/mol. The van der Waals surface area contributed by atoms with E-state index in [1.54, 1.807) is 6.07 Å². The summed E-state index contributed by atoms with van der Waals surface area (Å²) in [6.45, 7) is 6.71. The Hall–Kier alpha value is -2.00. The summed E-state index contributed by atoms with van der Waals surface area (Å²) < 4.78 is 42.8. The maximum atomic E-state index is 12.5. The van der Waals surface area contributed by atoms with E-state index in [9.17, 15) is 13.2 Å². The van der Waals surface area contributed by atoms with Crippen molar-refractivity contribution in [3.05, 3.63) is 41.5 Å². The molecule has 0 heterocycles.